The molecule has 0 saturated carbocycles. The van der Waals surface area contributed by atoms with Gasteiger partial charge in [-0.15, -0.1) is 0 Å². The average Bonchev–Trinajstić information content (AvgIpc) is 2.65. The largest absolute Gasteiger partial charge is 0.389 e. The first-order valence-electron chi connectivity index (χ1n) is 6.31. The van der Waals surface area contributed by atoms with Gasteiger partial charge in [0.05, 0.1) is 18.8 Å². The second kappa shape index (κ2) is 5.00. The molecule has 2 saturated heterocycles. The summed E-state index contributed by atoms with van der Waals surface area (Å²) in [5.41, 5.74) is -0.570. The lowest BCUT2D eigenvalue weighted by Gasteiger charge is -2.32. The molecule has 0 aromatic rings. The van der Waals surface area contributed by atoms with Crippen molar-refractivity contribution in [3.63, 3.8) is 0 Å². The van der Waals surface area contributed by atoms with Crippen LogP contribution in [0.15, 0.2) is 0 Å². The first-order valence-corrected chi connectivity index (χ1v) is 6.31. The molecule has 2 rings (SSSR count). The Labute approximate surface area is 98.2 Å². The molecule has 0 radical (unpaired) electrons. The second-order valence-corrected chi connectivity index (χ2v) is 5.64. The van der Waals surface area contributed by atoms with Crippen LogP contribution in [0.3, 0.4) is 0 Å². The van der Waals surface area contributed by atoms with Crippen molar-refractivity contribution in [2.75, 3.05) is 45.9 Å². The molecule has 4 nitrogen and oxygen atoms in total. The van der Waals surface area contributed by atoms with Crippen molar-refractivity contribution >= 4 is 0 Å². The van der Waals surface area contributed by atoms with Crippen LogP contribution in [-0.4, -0.2) is 72.5 Å². The normalized spacial score (nSPS) is 29.8. The van der Waals surface area contributed by atoms with Gasteiger partial charge in [0.1, 0.15) is 0 Å². The van der Waals surface area contributed by atoms with Gasteiger partial charge in [-0.25, -0.2) is 0 Å². The van der Waals surface area contributed by atoms with E-state index in [1.165, 1.54) is 6.42 Å². The highest BCUT2D eigenvalue weighted by molar-refractivity contribution is 4.86. The maximum absolute atomic E-state index is 9.80. The third-order valence-corrected chi connectivity index (χ3v) is 3.42. The molecule has 2 heterocycles. The molecule has 16 heavy (non-hydrogen) atoms. The minimum atomic E-state index is -0.570. The molecular formula is C12H24N2O2. The molecular weight excluding hydrogens is 204 g/mol. The van der Waals surface area contributed by atoms with Gasteiger partial charge in [-0.05, 0) is 26.8 Å². The molecule has 0 aromatic carbocycles. The molecule has 1 unspecified atom stereocenters. The van der Waals surface area contributed by atoms with Gasteiger partial charge in [0.25, 0.3) is 0 Å². The van der Waals surface area contributed by atoms with Gasteiger partial charge in [-0.2, -0.15) is 0 Å². The molecule has 1 N–H and O–H groups in total. The van der Waals surface area contributed by atoms with E-state index in [1.54, 1.807) is 0 Å². The summed E-state index contributed by atoms with van der Waals surface area (Å²) in [7, 11) is 0. The van der Waals surface area contributed by atoms with Gasteiger partial charge < -0.3 is 9.84 Å². The lowest BCUT2D eigenvalue weighted by molar-refractivity contribution is 0.0133. The van der Waals surface area contributed by atoms with E-state index in [9.17, 15) is 5.11 Å². The smallest absolute Gasteiger partial charge is 0.0718 e. The summed E-state index contributed by atoms with van der Waals surface area (Å²) in [6, 6.07) is 0.672. The average molecular weight is 228 g/mol. The third kappa shape index (κ3) is 3.42. The molecule has 4 heteroatoms. The summed E-state index contributed by atoms with van der Waals surface area (Å²) in [6.45, 7) is 10.7. The predicted octanol–water partition coefficient (Wildman–Crippen LogP) is 0.164. The maximum atomic E-state index is 9.80. The molecule has 94 valence electrons. The topological polar surface area (TPSA) is 35.9 Å². The Hall–Kier alpha value is -0.160. The van der Waals surface area contributed by atoms with Crippen molar-refractivity contribution in [3.8, 4) is 0 Å². The lowest BCUT2D eigenvalue weighted by Crippen LogP contribution is -2.45. The summed E-state index contributed by atoms with van der Waals surface area (Å²) < 4.78 is 5.37. The first kappa shape index (κ1) is 12.3. The molecule has 2 aliphatic heterocycles. The van der Waals surface area contributed by atoms with Crippen LogP contribution in [0.1, 0.15) is 20.3 Å². The van der Waals surface area contributed by atoms with Crippen LogP contribution in [0.4, 0.5) is 0 Å². The van der Waals surface area contributed by atoms with Crippen molar-refractivity contribution in [1.29, 1.82) is 0 Å². The Kier molecular flexibility index (Phi) is 3.85. The van der Waals surface area contributed by atoms with Crippen molar-refractivity contribution in [1.82, 2.24) is 9.80 Å². The van der Waals surface area contributed by atoms with Crippen molar-refractivity contribution in [2.24, 2.45) is 0 Å². The van der Waals surface area contributed by atoms with E-state index in [4.69, 9.17) is 4.74 Å². The summed E-state index contributed by atoms with van der Waals surface area (Å²) in [6.07, 6.45) is 1.23. The van der Waals surface area contributed by atoms with Crippen molar-refractivity contribution < 1.29 is 9.84 Å². The van der Waals surface area contributed by atoms with Crippen LogP contribution >= 0.6 is 0 Å². The van der Waals surface area contributed by atoms with E-state index >= 15 is 0 Å². The molecule has 0 bridgehead atoms. The van der Waals surface area contributed by atoms with Crippen LogP contribution in [0, 0.1) is 0 Å². The van der Waals surface area contributed by atoms with Gasteiger partial charge >= 0.3 is 0 Å². The van der Waals surface area contributed by atoms with Gasteiger partial charge in [0, 0.05) is 32.2 Å². The van der Waals surface area contributed by atoms with Gasteiger partial charge in [-0.3, -0.25) is 9.80 Å². The number of ether oxygens (including phenoxy) is 1. The van der Waals surface area contributed by atoms with E-state index in [-0.39, 0.29) is 0 Å². The number of β-amino-alcohol motifs (C(OH)–C–C–N with tert-alkyl or cyclic N) is 1. The Morgan fingerprint density at radius 1 is 1.25 bits per heavy atom. The molecule has 0 amide bonds. The molecule has 0 aromatic heterocycles. The maximum Gasteiger partial charge on any atom is 0.0718 e. The number of morpholine rings is 1. The number of nitrogens with zero attached hydrogens (tertiary/aromatic N) is 2. The third-order valence-electron chi connectivity index (χ3n) is 3.42. The zero-order valence-electron chi connectivity index (χ0n) is 10.5. The fourth-order valence-electron chi connectivity index (χ4n) is 2.74. The number of aliphatic hydroxyl groups is 1. The highest BCUT2D eigenvalue weighted by Crippen LogP contribution is 2.18. The van der Waals surface area contributed by atoms with Gasteiger partial charge in [-0.1, -0.05) is 0 Å². The Balaban J connectivity index is 1.78. The highest BCUT2D eigenvalue weighted by atomic mass is 16.5. The molecule has 2 aliphatic rings. The SMILES string of the molecule is CC(C)(O)CN1CCC(N2CCOCC2)C1. The Morgan fingerprint density at radius 2 is 1.94 bits per heavy atom. The van der Waals surface area contributed by atoms with Crippen LogP contribution in [0.5, 0.6) is 0 Å². The lowest BCUT2D eigenvalue weighted by atomic mass is 10.1. The Morgan fingerprint density at radius 3 is 2.56 bits per heavy atom. The zero-order valence-corrected chi connectivity index (χ0v) is 10.5. The molecule has 0 spiro atoms. The quantitative estimate of drug-likeness (QED) is 0.747. The van der Waals surface area contributed by atoms with E-state index in [0.717, 1.165) is 45.9 Å². The van der Waals surface area contributed by atoms with Crippen molar-refractivity contribution in [2.45, 2.75) is 31.9 Å². The van der Waals surface area contributed by atoms with E-state index < -0.39 is 5.60 Å². The number of likely N-dealkylation sites (tertiary alicyclic amines) is 1. The Bertz CT molecular complexity index is 222. The minimum Gasteiger partial charge on any atom is -0.389 e. The summed E-state index contributed by atoms with van der Waals surface area (Å²) in [5, 5.41) is 9.80. The fourth-order valence-corrected chi connectivity index (χ4v) is 2.74. The number of hydrogen-bond acceptors (Lipinski definition) is 4. The van der Waals surface area contributed by atoms with Crippen LogP contribution in [0.25, 0.3) is 0 Å². The van der Waals surface area contributed by atoms with Crippen LogP contribution in [0.2, 0.25) is 0 Å². The predicted molar refractivity (Wildman–Crippen MR) is 63.5 cm³/mol. The van der Waals surface area contributed by atoms with Crippen LogP contribution in [-0.2, 0) is 4.74 Å². The van der Waals surface area contributed by atoms with Gasteiger partial charge in [0.15, 0.2) is 0 Å². The standard InChI is InChI=1S/C12H24N2O2/c1-12(2,15)10-13-4-3-11(9-13)14-5-7-16-8-6-14/h11,15H,3-10H2,1-2H3. The van der Waals surface area contributed by atoms with E-state index in [0.29, 0.717) is 6.04 Å². The van der Waals surface area contributed by atoms with Crippen molar-refractivity contribution in [3.05, 3.63) is 0 Å². The van der Waals surface area contributed by atoms with Crippen LogP contribution < -0.4 is 0 Å². The molecule has 0 aliphatic carbocycles. The van der Waals surface area contributed by atoms with Gasteiger partial charge in [0.2, 0.25) is 0 Å². The first-order chi connectivity index (χ1) is 7.54. The fraction of sp³-hybridized carbons (Fsp3) is 1.00. The number of rotatable bonds is 3. The summed E-state index contributed by atoms with van der Waals surface area (Å²) >= 11 is 0. The molecule has 2 fully saturated rings. The minimum absolute atomic E-state index is 0.570. The molecule has 1 atom stereocenters. The summed E-state index contributed by atoms with van der Waals surface area (Å²) in [5.74, 6) is 0. The number of hydrogen-bond donors (Lipinski definition) is 1. The monoisotopic (exact) mass is 228 g/mol. The summed E-state index contributed by atoms with van der Waals surface area (Å²) in [4.78, 5) is 4.91. The van der Waals surface area contributed by atoms with E-state index in [2.05, 4.69) is 9.80 Å². The highest BCUT2D eigenvalue weighted by Gasteiger charge is 2.30. The second-order valence-electron chi connectivity index (χ2n) is 5.64. The zero-order chi connectivity index (χ0) is 11.6. The van der Waals surface area contributed by atoms with E-state index in [1.807, 2.05) is 13.8 Å².